The molecule has 3 rings (SSSR count). The number of hydrogen-bond donors (Lipinski definition) is 1. The van der Waals surface area contributed by atoms with E-state index in [-0.39, 0.29) is 11.7 Å². The molecule has 6 nitrogen and oxygen atoms in total. The molecule has 0 amide bonds. The van der Waals surface area contributed by atoms with Gasteiger partial charge < -0.3 is 5.73 Å². The van der Waals surface area contributed by atoms with Crippen LogP contribution in [0.15, 0.2) is 30.5 Å². The Morgan fingerprint density at radius 3 is 2.75 bits per heavy atom. The van der Waals surface area contributed by atoms with Crippen LogP contribution in [0.5, 0.6) is 0 Å². The van der Waals surface area contributed by atoms with E-state index in [0.29, 0.717) is 0 Å². The summed E-state index contributed by atoms with van der Waals surface area (Å²) in [6.45, 7) is 0. The molecule has 0 spiro atoms. The van der Waals surface area contributed by atoms with Gasteiger partial charge in [-0.2, -0.15) is 5.10 Å². The average Bonchev–Trinajstić information content (AvgIpc) is 2.79. The molecule has 0 radical (unpaired) electrons. The van der Waals surface area contributed by atoms with Crippen LogP contribution in [0.1, 0.15) is 36.6 Å². The third kappa shape index (κ3) is 2.18. The van der Waals surface area contributed by atoms with Crippen LogP contribution in [-0.4, -0.2) is 14.7 Å². The van der Waals surface area contributed by atoms with Crippen molar-refractivity contribution in [1.29, 1.82) is 0 Å². The van der Waals surface area contributed by atoms with E-state index in [0.717, 1.165) is 42.6 Å². The highest BCUT2D eigenvalue weighted by Gasteiger charge is 2.20. The highest BCUT2D eigenvalue weighted by molar-refractivity contribution is 5.42. The van der Waals surface area contributed by atoms with Crippen molar-refractivity contribution >= 4 is 5.69 Å². The van der Waals surface area contributed by atoms with Gasteiger partial charge in [0, 0.05) is 29.4 Å². The summed E-state index contributed by atoms with van der Waals surface area (Å²) in [5.74, 6) is 0. The van der Waals surface area contributed by atoms with Crippen molar-refractivity contribution in [2.24, 2.45) is 5.73 Å². The molecule has 104 valence electrons. The Balaban J connectivity index is 2.00. The molecule has 2 N–H and O–H groups in total. The number of rotatable bonds is 2. The normalized spacial score (nSPS) is 18.4. The summed E-state index contributed by atoms with van der Waals surface area (Å²) in [5, 5.41) is 15.1. The number of nitro groups is 1. The molecule has 0 aliphatic heterocycles. The van der Waals surface area contributed by atoms with Crippen LogP contribution >= 0.6 is 0 Å². The van der Waals surface area contributed by atoms with E-state index >= 15 is 0 Å². The molecule has 0 saturated carbocycles. The standard InChI is InChI=1S/C14H16N4O2/c15-13-3-1-2-4-14-12(13)9-16-17(14)10-5-7-11(8-6-10)18(19)20/h5-9,13H,1-4,15H2. The van der Waals surface area contributed by atoms with Crippen molar-refractivity contribution in [2.75, 3.05) is 0 Å². The number of benzene rings is 1. The molecule has 6 heteroatoms. The Morgan fingerprint density at radius 1 is 1.30 bits per heavy atom. The van der Waals surface area contributed by atoms with Gasteiger partial charge in [-0.25, -0.2) is 4.68 Å². The third-order valence-corrected chi connectivity index (χ3v) is 3.78. The van der Waals surface area contributed by atoms with E-state index in [4.69, 9.17) is 5.73 Å². The Bertz CT molecular complexity index is 633. The lowest BCUT2D eigenvalue weighted by Crippen LogP contribution is -2.10. The van der Waals surface area contributed by atoms with Gasteiger partial charge in [0.1, 0.15) is 0 Å². The molecular weight excluding hydrogens is 256 g/mol. The zero-order valence-corrected chi connectivity index (χ0v) is 11.0. The molecule has 1 aromatic carbocycles. The minimum atomic E-state index is -0.400. The minimum absolute atomic E-state index is 0.0410. The first-order valence-electron chi connectivity index (χ1n) is 6.74. The van der Waals surface area contributed by atoms with Gasteiger partial charge in [-0.1, -0.05) is 6.42 Å². The first-order chi connectivity index (χ1) is 9.66. The maximum Gasteiger partial charge on any atom is 0.269 e. The number of hydrogen-bond acceptors (Lipinski definition) is 4. The van der Waals surface area contributed by atoms with Gasteiger partial charge in [0.2, 0.25) is 0 Å². The number of aromatic nitrogens is 2. The second-order valence-corrected chi connectivity index (χ2v) is 5.08. The fraction of sp³-hybridized carbons (Fsp3) is 0.357. The van der Waals surface area contributed by atoms with Crippen molar-refractivity contribution in [1.82, 2.24) is 9.78 Å². The van der Waals surface area contributed by atoms with E-state index in [1.54, 1.807) is 12.1 Å². The summed E-state index contributed by atoms with van der Waals surface area (Å²) >= 11 is 0. The molecule has 1 heterocycles. The average molecular weight is 272 g/mol. The Hall–Kier alpha value is -2.21. The van der Waals surface area contributed by atoms with E-state index in [2.05, 4.69) is 5.10 Å². The first-order valence-corrected chi connectivity index (χ1v) is 6.74. The van der Waals surface area contributed by atoms with Gasteiger partial charge >= 0.3 is 0 Å². The molecule has 0 fully saturated rings. The van der Waals surface area contributed by atoms with Crippen LogP contribution in [0.4, 0.5) is 5.69 Å². The second kappa shape index (κ2) is 5.05. The smallest absolute Gasteiger partial charge is 0.269 e. The highest BCUT2D eigenvalue weighted by Crippen LogP contribution is 2.28. The van der Waals surface area contributed by atoms with Gasteiger partial charge in [-0.15, -0.1) is 0 Å². The number of nitrogens with zero attached hydrogens (tertiary/aromatic N) is 3. The van der Waals surface area contributed by atoms with Crippen molar-refractivity contribution < 1.29 is 4.92 Å². The maximum atomic E-state index is 10.7. The largest absolute Gasteiger partial charge is 0.324 e. The molecule has 1 atom stereocenters. The molecular formula is C14H16N4O2. The summed E-state index contributed by atoms with van der Waals surface area (Å²) in [7, 11) is 0. The number of nitro benzene ring substituents is 1. The molecule has 0 saturated heterocycles. The van der Waals surface area contributed by atoms with Gasteiger partial charge in [0.15, 0.2) is 0 Å². The van der Waals surface area contributed by atoms with Gasteiger partial charge in [0.05, 0.1) is 16.8 Å². The van der Waals surface area contributed by atoms with E-state index in [1.165, 1.54) is 12.1 Å². The van der Waals surface area contributed by atoms with Crippen LogP contribution in [-0.2, 0) is 6.42 Å². The first kappa shape index (κ1) is 12.8. The lowest BCUT2D eigenvalue weighted by atomic mass is 10.1. The summed E-state index contributed by atoms with van der Waals surface area (Å²) in [6, 6.07) is 6.49. The minimum Gasteiger partial charge on any atom is -0.324 e. The summed E-state index contributed by atoms with van der Waals surface area (Å²) in [6.07, 6.45) is 5.97. The van der Waals surface area contributed by atoms with Crippen LogP contribution in [0.25, 0.3) is 5.69 Å². The molecule has 0 bridgehead atoms. The number of non-ortho nitro benzene ring substituents is 1. The van der Waals surface area contributed by atoms with E-state index < -0.39 is 4.92 Å². The lowest BCUT2D eigenvalue weighted by Gasteiger charge is -2.09. The van der Waals surface area contributed by atoms with Gasteiger partial charge in [-0.05, 0) is 31.4 Å². The molecule has 1 aliphatic rings. The zero-order chi connectivity index (χ0) is 14.1. The van der Waals surface area contributed by atoms with Gasteiger partial charge in [0.25, 0.3) is 5.69 Å². The monoisotopic (exact) mass is 272 g/mol. The zero-order valence-electron chi connectivity index (χ0n) is 11.0. The van der Waals surface area contributed by atoms with E-state index in [1.807, 2.05) is 10.9 Å². The summed E-state index contributed by atoms with van der Waals surface area (Å²) in [5.41, 5.74) is 9.31. The van der Waals surface area contributed by atoms with Crippen LogP contribution in [0.2, 0.25) is 0 Å². The van der Waals surface area contributed by atoms with Crippen molar-refractivity contribution in [2.45, 2.75) is 31.7 Å². The van der Waals surface area contributed by atoms with E-state index in [9.17, 15) is 10.1 Å². The van der Waals surface area contributed by atoms with Crippen molar-refractivity contribution in [3.8, 4) is 5.69 Å². The molecule has 1 aliphatic carbocycles. The fourth-order valence-electron chi connectivity index (χ4n) is 2.70. The molecule has 2 aromatic rings. The second-order valence-electron chi connectivity index (χ2n) is 5.08. The van der Waals surface area contributed by atoms with Crippen molar-refractivity contribution in [3.05, 3.63) is 51.8 Å². The SMILES string of the molecule is NC1CCCCc2c1cnn2-c1ccc([N+](=O)[O-])cc1. The van der Waals surface area contributed by atoms with Gasteiger partial charge in [-0.3, -0.25) is 10.1 Å². The topological polar surface area (TPSA) is 87.0 Å². The Morgan fingerprint density at radius 2 is 2.05 bits per heavy atom. The molecule has 20 heavy (non-hydrogen) atoms. The lowest BCUT2D eigenvalue weighted by molar-refractivity contribution is -0.384. The third-order valence-electron chi connectivity index (χ3n) is 3.78. The van der Waals surface area contributed by atoms with Crippen LogP contribution in [0.3, 0.4) is 0 Å². The van der Waals surface area contributed by atoms with Crippen LogP contribution < -0.4 is 5.73 Å². The Kier molecular flexibility index (Phi) is 3.23. The molecule has 1 unspecified atom stereocenters. The predicted octanol–water partition coefficient (Wildman–Crippen LogP) is 2.51. The fourth-order valence-corrected chi connectivity index (χ4v) is 2.70. The van der Waals surface area contributed by atoms with Crippen molar-refractivity contribution in [3.63, 3.8) is 0 Å². The van der Waals surface area contributed by atoms with Crippen LogP contribution in [0, 0.1) is 10.1 Å². The maximum absolute atomic E-state index is 10.7. The number of fused-ring (bicyclic) bond motifs is 1. The summed E-state index contributed by atoms with van der Waals surface area (Å²) < 4.78 is 1.85. The highest BCUT2D eigenvalue weighted by atomic mass is 16.6. The number of nitrogens with two attached hydrogens (primary N) is 1. The molecule has 1 aromatic heterocycles. The summed E-state index contributed by atoms with van der Waals surface area (Å²) in [4.78, 5) is 10.3. The Labute approximate surface area is 116 Å². The quantitative estimate of drug-likeness (QED) is 0.517. The predicted molar refractivity (Wildman–Crippen MR) is 74.7 cm³/mol.